The maximum absolute atomic E-state index is 13.1. The smallest absolute Gasteiger partial charge is 0.264 e. The Labute approximate surface area is 181 Å². The molecule has 154 valence electrons. The lowest BCUT2D eigenvalue weighted by Gasteiger charge is -2.19. The number of nitrogens with one attached hydrogen (secondary N) is 1. The third kappa shape index (κ3) is 4.02. The molecular weight excluding hydrogens is 448 g/mol. The van der Waals surface area contributed by atoms with E-state index in [1.54, 1.807) is 31.3 Å². The average Bonchev–Trinajstić information content (AvgIpc) is 3.38. The Bertz CT molecular complexity index is 1320. The molecule has 4 aromatic rings. The molecule has 2 aromatic carbocycles. The Morgan fingerprint density at radius 2 is 2.03 bits per heavy atom. The van der Waals surface area contributed by atoms with Crippen molar-refractivity contribution in [3.63, 3.8) is 0 Å². The predicted molar refractivity (Wildman–Crippen MR) is 114 cm³/mol. The van der Waals surface area contributed by atoms with E-state index in [-0.39, 0.29) is 33.2 Å². The topological polar surface area (TPSA) is 105 Å². The summed E-state index contributed by atoms with van der Waals surface area (Å²) in [7, 11) is -2.46. The SMILES string of the molecule is CN(Cc1ccco1)C(=O)c1ccc(Cl)cc1NS(=O)(=O)c1cccc2nsnc12. The highest BCUT2D eigenvalue weighted by Crippen LogP contribution is 2.28. The van der Waals surface area contributed by atoms with Crippen LogP contribution in [-0.2, 0) is 16.6 Å². The van der Waals surface area contributed by atoms with Gasteiger partial charge in [0.1, 0.15) is 21.7 Å². The number of carbonyl (C=O) groups is 1. The van der Waals surface area contributed by atoms with Crippen molar-refractivity contribution in [2.24, 2.45) is 0 Å². The molecule has 4 rings (SSSR count). The Morgan fingerprint density at radius 1 is 1.20 bits per heavy atom. The normalized spacial score (nSPS) is 11.5. The van der Waals surface area contributed by atoms with Crippen LogP contribution < -0.4 is 4.72 Å². The number of anilines is 1. The van der Waals surface area contributed by atoms with Crippen LogP contribution in [0.4, 0.5) is 5.69 Å². The van der Waals surface area contributed by atoms with Crippen LogP contribution in [0, 0.1) is 0 Å². The van der Waals surface area contributed by atoms with Crippen molar-refractivity contribution in [1.82, 2.24) is 13.6 Å². The number of furan rings is 1. The number of amides is 1. The fourth-order valence-corrected chi connectivity index (χ4v) is 4.91. The summed E-state index contributed by atoms with van der Waals surface area (Å²) in [6, 6.07) is 12.6. The van der Waals surface area contributed by atoms with Gasteiger partial charge in [0.2, 0.25) is 0 Å². The number of rotatable bonds is 6. The second-order valence-electron chi connectivity index (χ2n) is 6.42. The maximum Gasteiger partial charge on any atom is 0.264 e. The molecule has 0 aliphatic rings. The lowest BCUT2D eigenvalue weighted by molar-refractivity contribution is 0.0776. The number of halogens is 1. The van der Waals surface area contributed by atoms with Gasteiger partial charge in [-0.25, -0.2) is 8.42 Å². The van der Waals surface area contributed by atoms with Crippen molar-refractivity contribution in [3.05, 3.63) is 71.1 Å². The molecule has 0 saturated carbocycles. The van der Waals surface area contributed by atoms with Crippen LogP contribution >= 0.6 is 23.3 Å². The molecule has 8 nitrogen and oxygen atoms in total. The van der Waals surface area contributed by atoms with Crippen molar-refractivity contribution in [2.45, 2.75) is 11.4 Å². The van der Waals surface area contributed by atoms with E-state index in [0.29, 0.717) is 11.3 Å². The minimum Gasteiger partial charge on any atom is -0.467 e. The highest BCUT2D eigenvalue weighted by molar-refractivity contribution is 7.93. The van der Waals surface area contributed by atoms with Crippen LogP contribution in [-0.4, -0.2) is 35.0 Å². The van der Waals surface area contributed by atoms with Gasteiger partial charge in [-0.2, -0.15) is 8.75 Å². The van der Waals surface area contributed by atoms with Crippen LogP contribution in [0.3, 0.4) is 0 Å². The average molecular weight is 463 g/mol. The summed E-state index contributed by atoms with van der Waals surface area (Å²) < 4.78 is 42.0. The van der Waals surface area contributed by atoms with E-state index in [2.05, 4.69) is 13.5 Å². The Morgan fingerprint density at radius 3 is 2.80 bits per heavy atom. The van der Waals surface area contributed by atoms with Crippen LogP contribution in [0.25, 0.3) is 11.0 Å². The minimum absolute atomic E-state index is 0.0314. The maximum atomic E-state index is 13.1. The van der Waals surface area contributed by atoms with Gasteiger partial charge in [0.15, 0.2) is 0 Å². The van der Waals surface area contributed by atoms with Crippen molar-refractivity contribution >= 4 is 56.0 Å². The molecule has 30 heavy (non-hydrogen) atoms. The number of hydrogen-bond donors (Lipinski definition) is 1. The minimum atomic E-state index is -4.05. The summed E-state index contributed by atoms with van der Waals surface area (Å²) in [5.41, 5.74) is 0.961. The summed E-state index contributed by atoms with van der Waals surface area (Å²) in [6.07, 6.45) is 1.52. The molecular formula is C19H15ClN4O4S2. The molecule has 0 unspecified atom stereocenters. The number of aromatic nitrogens is 2. The van der Waals surface area contributed by atoms with Crippen molar-refractivity contribution in [3.8, 4) is 0 Å². The summed E-state index contributed by atoms with van der Waals surface area (Å²) >= 11 is 7.00. The molecule has 11 heteroatoms. The monoisotopic (exact) mass is 462 g/mol. The second-order valence-corrected chi connectivity index (χ2v) is 9.04. The Hall–Kier alpha value is -2.95. The third-order valence-corrected chi connectivity index (χ3v) is 6.49. The highest BCUT2D eigenvalue weighted by Gasteiger charge is 2.24. The first kappa shape index (κ1) is 20.3. The first-order valence-electron chi connectivity index (χ1n) is 8.66. The van der Waals surface area contributed by atoms with Gasteiger partial charge in [-0.3, -0.25) is 9.52 Å². The first-order chi connectivity index (χ1) is 14.3. The van der Waals surface area contributed by atoms with Gasteiger partial charge in [0.25, 0.3) is 15.9 Å². The molecule has 1 N–H and O–H groups in total. The largest absolute Gasteiger partial charge is 0.467 e. The van der Waals surface area contributed by atoms with Gasteiger partial charge < -0.3 is 9.32 Å². The van der Waals surface area contributed by atoms with E-state index in [1.165, 1.54) is 35.4 Å². The second kappa shape index (κ2) is 8.05. The van der Waals surface area contributed by atoms with E-state index in [9.17, 15) is 13.2 Å². The fraction of sp³-hybridized carbons (Fsp3) is 0.105. The van der Waals surface area contributed by atoms with E-state index < -0.39 is 15.9 Å². The molecule has 0 radical (unpaired) electrons. The fourth-order valence-electron chi connectivity index (χ4n) is 2.90. The summed E-state index contributed by atoms with van der Waals surface area (Å²) in [6.45, 7) is 0.227. The summed E-state index contributed by atoms with van der Waals surface area (Å²) in [4.78, 5) is 14.4. The number of sulfonamides is 1. The molecule has 0 fully saturated rings. The zero-order valence-electron chi connectivity index (χ0n) is 15.6. The Balaban J connectivity index is 1.68. The van der Waals surface area contributed by atoms with Gasteiger partial charge in [-0.15, -0.1) is 0 Å². The predicted octanol–water partition coefficient (Wildman–Crippen LogP) is 4.01. The standard InChI is InChI=1S/C19H15ClN4O4S2/c1-24(11-13-4-3-9-28-13)19(25)14-8-7-12(20)10-16(14)23-30(26,27)17-6-2-5-15-18(17)22-29-21-15/h2-10,23H,11H2,1H3. The number of hydrogen-bond acceptors (Lipinski definition) is 7. The van der Waals surface area contributed by atoms with Crippen LogP contribution in [0.15, 0.2) is 64.1 Å². The highest BCUT2D eigenvalue weighted by atomic mass is 35.5. The van der Waals surface area contributed by atoms with Crippen molar-refractivity contribution in [1.29, 1.82) is 0 Å². The van der Waals surface area contributed by atoms with E-state index in [4.69, 9.17) is 16.0 Å². The first-order valence-corrected chi connectivity index (χ1v) is 11.3. The molecule has 0 atom stereocenters. The van der Waals surface area contributed by atoms with Gasteiger partial charge >= 0.3 is 0 Å². The molecule has 0 aliphatic heterocycles. The zero-order valence-corrected chi connectivity index (χ0v) is 18.0. The molecule has 0 bridgehead atoms. The number of nitrogens with zero attached hydrogens (tertiary/aromatic N) is 3. The van der Waals surface area contributed by atoms with E-state index in [0.717, 1.165) is 11.7 Å². The van der Waals surface area contributed by atoms with Crippen LogP contribution in [0.2, 0.25) is 5.02 Å². The number of benzene rings is 2. The van der Waals surface area contributed by atoms with Crippen LogP contribution in [0.1, 0.15) is 16.1 Å². The van der Waals surface area contributed by atoms with Gasteiger partial charge in [-0.05, 0) is 42.5 Å². The zero-order chi connectivity index (χ0) is 21.3. The lowest BCUT2D eigenvalue weighted by atomic mass is 10.1. The van der Waals surface area contributed by atoms with Crippen molar-refractivity contribution in [2.75, 3.05) is 11.8 Å². The van der Waals surface area contributed by atoms with Crippen LogP contribution in [0.5, 0.6) is 0 Å². The number of fused-ring (bicyclic) bond motifs is 1. The van der Waals surface area contributed by atoms with Gasteiger partial charge in [-0.1, -0.05) is 17.7 Å². The molecule has 0 aliphatic carbocycles. The van der Waals surface area contributed by atoms with Gasteiger partial charge in [0.05, 0.1) is 35.8 Å². The molecule has 0 spiro atoms. The van der Waals surface area contributed by atoms with E-state index >= 15 is 0 Å². The molecule has 2 heterocycles. The molecule has 2 aromatic heterocycles. The van der Waals surface area contributed by atoms with Gasteiger partial charge in [0, 0.05) is 12.1 Å². The lowest BCUT2D eigenvalue weighted by Crippen LogP contribution is -2.27. The quantitative estimate of drug-likeness (QED) is 0.464. The molecule has 1 amide bonds. The summed E-state index contributed by atoms with van der Waals surface area (Å²) in [5.74, 6) is 0.207. The summed E-state index contributed by atoms with van der Waals surface area (Å²) in [5, 5.41) is 0.284. The number of carbonyl (C=O) groups excluding carboxylic acids is 1. The third-order valence-electron chi connectivity index (χ3n) is 4.31. The molecule has 0 saturated heterocycles. The Kier molecular flexibility index (Phi) is 5.46. The van der Waals surface area contributed by atoms with Crippen molar-refractivity contribution < 1.29 is 17.6 Å². The van der Waals surface area contributed by atoms with E-state index in [1.807, 2.05) is 0 Å².